The van der Waals surface area contributed by atoms with Gasteiger partial charge in [-0.2, -0.15) is 4.99 Å². The smallest absolute Gasteiger partial charge is 0.285 e. The molecule has 0 spiro atoms. The highest BCUT2D eigenvalue weighted by Gasteiger charge is 2.34. The number of nitrogens with one attached hydrogen (secondary N) is 1. The summed E-state index contributed by atoms with van der Waals surface area (Å²) < 4.78 is 0. The van der Waals surface area contributed by atoms with Crippen molar-refractivity contribution < 1.29 is 4.79 Å². The maximum atomic E-state index is 12.2. The molecule has 21 heavy (non-hydrogen) atoms. The van der Waals surface area contributed by atoms with E-state index in [1.807, 2.05) is 59.3 Å². The highest BCUT2D eigenvalue weighted by Crippen LogP contribution is 2.18. The standard InChI is InChI=1S/C16H16N4O/c1-12(2)19-9-8-15-18-14(10-20(15)11-19)16(21)17-13-6-4-3-5-7-13/h3-10H,1,11H2,2H3,(H,17,21)/q+1. The molecule has 0 fully saturated rings. The normalized spacial score (nSPS) is 17.1. The first-order chi connectivity index (χ1) is 10.1. The minimum atomic E-state index is -0.210. The highest BCUT2D eigenvalue weighted by molar-refractivity contribution is 6.10. The number of anilines is 1. The maximum Gasteiger partial charge on any atom is 0.285 e. The molecule has 105 valence electrons. The van der Waals surface area contributed by atoms with Crippen molar-refractivity contribution in [3.63, 3.8) is 0 Å². The molecule has 1 aromatic rings. The van der Waals surface area contributed by atoms with Crippen LogP contribution in [0, 0.1) is 0 Å². The number of nitrogens with zero attached hydrogens (tertiary/aromatic N) is 3. The lowest BCUT2D eigenvalue weighted by molar-refractivity contribution is -0.112. The van der Waals surface area contributed by atoms with Gasteiger partial charge in [0, 0.05) is 23.7 Å². The predicted octanol–water partition coefficient (Wildman–Crippen LogP) is 2.34. The minimum absolute atomic E-state index is 0.210. The van der Waals surface area contributed by atoms with Crippen LogP contribution < -0.4 is 10.2 Å². The molecule has 2 heterocycles. The van der Waals surface area contributed by atoms with Crippen molar-refractivity contribution in [1.29, 1.82) is 0 Å². The SMILES string of the molecule is C=C(C)N1C=CC2=NC(C(=O)Nc3ccccc3)=C[N+]2C1. The molecule has 2 aliphatic heterocycles. The van der Waals surface area contributed by atoms with Gasteiger partial charge in [0.1, 0.15) is 0 Å². The van der Waals surface area contributed by atoms with Gasteiger partial charge in [-0.15, -0.1) is 0 Å². The average Bonchev–Trinajstić information content (AvgIpc) is 2.91. The number of amidine groups is 1. The lowest BCUT2D eigenvalue weighted by Gasteiger charge is -2.21. The van der Waals surface area contributed by atoms with Crippen molar-refractivity contribution in [1.82, 2.24) is 9.80 Å². The van der Waals surface area contributed by atoms with E-state index >= 15 is 0 Å². The van der Waals surface area contributed by atoms with Gasteiger partial charge in [-0.3, -0.25) is 4.79 Å². The van der Waals surface area contributed by atoms with E-state index in [1.54, 1.807) is 6.20 Å². The second kappa shape index (κ2) is 5.38. The largest absolute Gasteiger partial charge is 0.320 e. The molecule has 0 aliphatic carbocycles. The molecular weight excluding hydrogens is 264 g/mol. The van der Waals surface area contributed by atoms with Gasteiger partial charge in [-0.25, -0.2) is 0 Å². The fourth-order valence-corrected chi connectivity index (χ4v) is 2.12. The van der Waals surface area contributed by atoms with Gasteiger partial charge >= 0.3 is 0 Å². The number of rotatable bonds is 3. The number of allylic oxidation sites excluding steroid dienone is 1. The number of aliphatic imine (C=N–C) groups is 1. The number of hydrogen-bond donors (Lipinski definition) is 1. The Morgan fingerprint density at radius 2 is 2.14 bits per heavy atom. The zero-order valence-electron chi connectivity index (χ0n) is 11.8. The van der Waals surface area contributed by atoms with E-state index in [-0.39, 0.29) is 5.91 Å². The van der Waals surface area contributed by atoms with Crippen molar-refractivity contribution in [2.24, 2.45) is 4.99 Å². The van der Waals surface area contributed by atoms with Crippen LogP contribution in [0.1, 0.15) is 6.92 Å². The molecule has 5 heteroatoms. The molecule has 0 aromatic heterocycles. The zero-order valence-corrected chi connectivity index (χ0v) is 11.8. The summed E-state index contributed by atoms with van der Waals surface area (Å²) in [5, 5.41) is 2.83. The topological polar surface area (TPSA) is 50.6 Å². The third kappa shape index (κ3) is 2.78. The average molecular weight is 280 g/mol. The molecule has 0 bridgehead atoms. The number of fused-ring (bicyclic) bond motifs is 1. The molecule has 0 unspecified atom stereocenters. The quantitative estimate of drug-likeness (QED) is 0.864. The van der Waals surface area contributed by atoms with Crippen molar-refractivity contribution in [3.8, 4) is 0 Å². The Labute approximate surface area is 123 Å². The summed E-state index contributed by atoms with van der Waals surface area (Å²) in [5.41, 5.74) is 2.11. The van der Waals surface area contributed by atoms with Gasteiger partial charge < -0.3 is 10.2 Å². The molecule has 2 aliphatic rings. The van der Waals surface area contributed by atoms with E-state index in [4.69, 9.17) is 0 Å². The van der Waals surface area contributed by atoms with E-state index in [9.17, 15) is 4.79 Å². The molecular formula is C16H16N4O+. The summed E-state index contributed by atoms with van der Waals surface area (Å²) in [7, 11) is 0. The number of para-hydroxylation sites is 1. The fraction of sp³-hybridized carbons (Fsp3) is 0.125. The Kier molecular flexibility index (Phi) is 3.41. The van der Waals surface area contributed by atoms with E-state index in [1.165, 1.54) is 0 Å². The molecule has 0 atom stereocenters. The van der Waals surface area contributed by atoms with Gasteiger partial charge in [0.2, 0.25) is 6.67 Å². The first-order valence-corrected chi connectivity index (χ1v) is 6.67. The Bertz CT molecular complexity index is 673. The summed E-state index contributed by atoms with van der Waals surface area (Å²) >= 11 is 0. The van der Waals surface area contributed by atoms with Gasteiger partial charge in [-0.1, -0.05) is 29.7 Å². The summed E-state index contributed by atoms with van der Waals surface area (Å²) in [5.74, 6) is 0.559. The second-order valence-electron chi connectivity index (χ2n) is 4.94. The van der Waals surface area contributed by atoms with E-state index in [2.05, 4.69) is 16.9 Å². The Balaban J connectivity index is 1.73. The van der Waals surface area contributed by atoms with Crippen LogP contribution in [0.25, 0.3) is 0 Å². The summed E-state index contributed by atoms with van der Waals surface area (Å²) in [6.07, 6.45) is 5.55. The number of benzene rings is 1. The zero-order chi connectivity index (χ0) is 14.8. The minimum Gasteiger partial charge on any atom is -0.320 e. The first kappa shape index (κ1) is 13.3. The Hall–Kier alpha value is -2.66. The predicted molar refractivity (Wildman–Crippen MR) is 83.4 cm³/mol. The van der Waals surface area contributed by atoms with Crippen LogP contribution in [-0.4, -0.2) is 23.3 Å². The van der Waals surface area contributed by atoms with Crippen LogP contribution in [0.3, 0.4) is 0 Å². The second-order valence-corrected chi connectivity index (χ2v) is 4.94. The van der Waals surface area contributed by atoms with Crippen LogP contribution in [0.5, 0.6) is 0 Å². The molecule has 3 rings (SSSR count). The Morgan fingerprint density at radius 1 is 1.38 bits per heavy atom. The molecule has 5 nitrogen and oxygen atoms in total. The van der Waals surface area contributed by atoms with Crippen LogP contribution in [0.2, 0.25) is 0 Å². The van der Waals surface area contributed by atoms with Crippen LogP contribution >= 0.6 is 0 Å². The molecule has 1 N–H and O–H groups in total. The summed E-state index contributed by atoms with van der Waals surface area (Å²) in [4.78, 5) is 20.5. The monoisotopic (exact) mass is 280 g/mol. The number of amides is 1. The molecule has 1 amide bonds. The van der Waals surface area contributed by atoms with Crippen molar-refractivity contribution >= 4 is 17.4 Å². The summed E-state index contributed by atoms with van der Waals surface area (Å²) in [6, 6.07) is 9.34. The van der Waals surface area contributed by atoms with E-state index < -0.39 is 0 Å². The fourth-order valence-electron chi connectivity index (χ4n) is 2.12. The molecule has 0 saturated heterocycles. The van der Waals surface area contributed by atoms with E-state index in [0.717, 1.165) is 17.2 Å². The van der Waals surface area contributed by atoms with Gasteiger partial charge in [0.15, 0.2) is 11.9 Å². The number of carbonyl (C=O) groups excluding carboxylic acids is 1. The first-order valence-electron chi connectivity index (χ1n) is 6.67. The maximum absolute atomic E-state index is 12.2. The summed E-state index contributed by atoms with van der Waals surface area (Å²) in [6.45, 7) is 6.47. The number of carbonyl (C=O) groups is 1. The third-order valence-electron chi connectivity index (χ3n) is 3.27. The Morgan fingerprint density at radius 3 is 2.86 bits per heavy atom. The number of hydrogen-bond acceptors (Lipinski definition) is 4. The lowest BCUT2D eigenvalue weighted by atomic mass is 10.3. The van der Waals surface area contributed by atoms with Crippen molar-refractivity contribution in [3.05, 3.63) is 66.8 Å². The van der Waals surface area contributed by atoms with Gasteiger partial charge in [-0.05, 0) is 19.1 Å². The van der Waals surface area contributed by atoms with Crippen molar-refractivity contribution in [2.45, 2.75) is 6.92 Å². The molecule has 1 radical (unpaired) electrons. The lowest BCUT2D eigenvalue weighted by Crippen LogP contribution is -2.40. The highest BCUT2D eigenvalue weighted by atomic mass is 16.2. The van der Waals surface area contributed by atoms with Crippen LogP contribution in [0.15, 0.2) is 71.8 Å². The van der Waals surface area contributed by atoms with Crippen molar-refractivity contribution in [2.75, 3.05) is 12.0 Å². The molecule has 0 saturated carbocycles. The van der Waals surface area contributed by atoms with Gasteiger partial charge in [0.05, 0.1) is 0 Å². The van der Waals surface area contributed by atoms with Crippen LogP contribution in [0.4, 0.5) is 5.69 Å². The van der Waals surface area contributed by atoms with Gasteiger partial charge in [0.25, 0.3) is 11.7 Å². The third-order valence-corrected chi connectivity index (χ3v) is 3.27. The molecule has 1 aromatic carbocycles. The van der Waals surface area contributed by atoms with E-state index in [0.29, 0.717) is 12.4 Å². The van der Waals surface area contributed by atoms with Crippen LogP contribution in [-0.2, 0) is 4.79 Å².